The summed E-state index contributed by atoms with van der Waals surface area (Å²) in [6.45, 7) is 7.76. The highest BCUT2D eigenvalue weighted by atomic mass is 16.2. The van der Waals surface area contributed by atoms with Crippen molar-refractivity contribution >= 4 is 11.8 Å². The number of urea groups is 1. The highest BCUT2D eigenvalue weighted by molar-refractivity contribution is 5.89. The summed E-state index contributed by atoms with van der Waals surface area (Å²) >= 11 is 0. The maximum Gasteiger partial charge on any atom is 0.315 e. The number of carbonyl (C=O) groups excluding carboxylic acids is 2. The van der Waals surface area contributed by atoms with Gasteiger partial charge in [-0.05, 0) is 5.92 Å². The number of Topliss-reactive ketones (excluding diaryl/α,β-unsaturated/α-hetero) is 1. The molecule has 1 rings (SSSR count). The minimum Gasteiger partial charge on any atom is -0.332 e. The van der Waals surface area contributed by atoms with Crippen molar-refractivity contribution in [1.82, 2.24) is 20.6 Å². The largest absolute Gasteiger partial charge is 0.332 e. The minimum absolute atomic E-state index is 0.0367. The molecule has 1 atom stereocenters. The first-order chi connectivity index (χ1) is 9.41. The van der Waals surface area contributed by atoms with Gasteiger partial charge in [0.2, 0.25) is 0 Å². The van der Waals surface area contributed by atoms with Crippen LogP contribution in [0.5, 0.6) is 0 Å². The van der Waals surface area contributed by atoms with E-state index >= 15 is 0 Å². The van der Waals surface area contributed by atoms with Crippen LogP contribution in [-0.4, -0.2) is 27.8 Å². The van der Waals surface area contributed by atoms with Gasteiger partial charge in [-0.2, -0.15) is 0 Å². The van der Waals surface area contributed by atoms with Crippen LogP contribution < -0.4 is 10.6 Å². The predicted octanol–water partition coefficient (Wildman–Crippen LogP) is 1.53. The molecule has 0 saturated heterocycles. The zero-order valence-corrected chi connectivity index (χ0v) is 12.4. The Hall–Kier alpha value is -1.98. The van der Waals surface area contributed by atoms with Crippen LogP contribution in [0, 0.1) is 11.8 Å². The number of hydrogen-bond donors (Lipinski definition) is 2. The quantitative estimate of drug-likeness (QED) is 0.826. The number of amides is 2. The maximum absolute atomic E-state index is 12.0. The van der Waals surface area contributed by atoms with Gasteiger partial charge < -0.3 is 10.6 Å². The highest BCUT2D eigenvalue weighted by Crippen LogP contribution is 2.09. The minimum atomic E-state index is -0.475. The topological polar surface area (TPSA) is 84.0 Å². The number of nitrogens with one attached hydrogen (secondary N) is 2. The molecular formula is C14H22N4O2. The van der Waals surface area contributed by atoms with Crippen molar-refractivity contribution < 1.29 is 9.59 Å². The molecule has 1 aromatic heterocycles. The second kappa shape index (κ2) is 7.57. The first kappa shape index (κ1) is 16.1. The van der Waals surface area contributed by atoms with E-state index in [1.807, 2.05) is 27.7 Å². The van der Waals surface area contributed by atoms with Crippen molar-refractivity contribution in [3.8, 4) is 0 Å². The Kier molecular flexibility index (Phi) is 6.09. The van der Waals surface area contributed by atoms with Crippen molar-refractivity contribution in [1.29, 1.82) is 0 Å². The summed E-state index contributed by atoms with van der Waals surface area (Å²) < 4.78 is 0. The summed E-state index contributed by atoms with van der Waals surface area (Å²) in [6, 6.07) is -0.847. The molecule has 0 aromatic carbocycles. The Balaban J connectivity index is 2.52. The standard InChI is InChI=1S/C14H22N4O2/c1-9(2)12(13(19)10(3)4)18-14(20)17-8-11-7-15-5-6-16-11/h5-7,9-10,12H,8H2,1-4H3,(H2,17,18,20). The fraction of sp³-hybridized carbons (Fsp3) is 0.571. The maximum atomic E-state index is 12.0. The van der Waals surface area contributed by atoms with E-state index in [9.17, 15) is 9.59 Å². The van der Waals surface area contributed by atoms with E-state index in [1.165, 1.54) is 0 Å². The van der Waals surface area contributed by atoms with Crippen molar-refractivity contribution in [2.45, 2.75) is 40.3 Å². The Labute approximate surface area is 119 Å². The number of hydrogen-bond acceptors (Lipinski definition) is 4. The van der Waals surface area contributed by atoms with Crippen molar-refractivity contribution in [3.05, 3.63) is 24.3 Å². The van der Waals surface area contributed by atoms with E-state index in [2.05, 4.69) is 20.6 Å². The van der Waals surface area contributed by atoms with E-state index in [0.29, 0.717) is 5.69 Å². The molecule has 0 radical (unpaired) electrons. The van der Waals surface area contributed by atoms with Crippen molar-refractivity contribution in [2.24, 2.45) is 11.8 Å². The number of carbonyl (C=O) groups is 2. The van der Waals surface area contributed by atoms with E-state index < -0.39 is 6.04 Å². The van der Waals surface area contributed by atoms with Gasteiger partial charge in [0, 0.05) is 18.3 Å². The van der Waals surface area contributed by atoms with Gasteiger partial charge in [-0.3, -0.25) is 14.8 Å². The second-order valence-electron chi connectivity index (χ2n) is 5.30. The van der Waals surface area contributed by atoms with Crippen LogP contribution in [0.25, 0.3) is 0 Å². The van der Waals surface area contributed by atoms with Crippen LogP contribution in [0.3, 0.4) is 0 Å². The van der Waals surface area contributed by atoms with Crippen molar-refractivity contribution in [3.63, 3.8) is 0 Å². The van der Waals surface area contributed by atoms with E-state index in [1.54, 1.807) is 18.6 Å². The first-order valence-corrected chi connectivity index (χ1v) is 6.74. The van der Waals surface area contributed by atoms with Gasteiger partial charge in [0.15, 0.2) is 5.78 Å². The molecule has 0 bridgehead atoms. The molecule has 0 saturated carbocycles. The number of nitrogens with zero attached hydrogens (tertiary/aromatic N) is 2. The molecule has 2 N–H and O–H groups in total. The SMILES string of the molecule is CC(C)C(=O)C(NC(=O)NCc1cnccn1)C(C)C. The first-order valence-electron chi connectivity index (χ1n) is 6.74. The smallest absolute Gasteiger partial charge is 0.315 e. The monoisotopic (exact) mass is 278 g/mol. The van der Waals surface area contributed by atoms with Crippen LogP contribution in [-0.2, 0) is 11.3 Å². The Morgan fingerprint density at radius 3 is 2.40 bits per heavy atom. The Morgan fingerprint density at radius 2 is 1.90 bits per heavy atom. The lowest BCUT2D eigenvalue weighted by atomic mass is 9.93. The van der Waals surface area contributed by atoms with Gasteiger partial charge in [0.1, 0.15) is 0 Å². The fourth-order valence-corrected chi connectivity index (χ4v) is 1.71. The highest BCUT2D eigenvalue weighted by Gasteiger charge is 2.25. The lowest BCUT2D eigenvalue weighted by molar-refractivity contribution is -0.124. The predicted molar refractivity (Wildman–Crippen MR) is 75.9 cm³/mol. The van der Waals surface area contributed by atoms with Gasteiger partial charge in [-0.25, -0.2) is 4.79 Å². The average Bonchev–Trinajstić information content (AvgIpc) is 2.42. The molecule has 1 unspecified atom stereocenters. The third-order valence-corrected chi connectivity index (χ3v) is 2.88. The van der Waals surface area contributed by atoms with Gasteiger partial charge in [0.05, 0.1) is 24.5 Å². The van der Waals surface area contributed by atoms with Gasteiger partial charge in [0.25, 0.3) is 0 Å². The lowest BCUT2D eigenvalue weighted by Crippen LogP contribution is -2.49. The fourth-order valence-electron chi connectivity index (χ4n) is 1.71. The molecule has 0 spiro atoms. The van der Waals surface area contributed by atoms with Crippen molar-refractivity contribution in [2.75, 3.05) is 0 Å². The number of rotatable bonds is 6. The summed E-state index contributed by atoms with van der Waals surface area (Å²) in [4.78, 5) is 31.8. The second-order valence-corrected chi connectivity index (χ2v) is 5.30. The zero-order valence-electron chi connectivity index (χ0n) is 12.4. The van der Waals surface area contributed by atoms with Gasteiger partial charge in [-0.1, -0.05) is 27.7 Å². The summed E-state index contributed by atoms with van der Waals surface area (Å²) in [5.41, 5.74) is 0.666. The summed E-state index contributed by atoms with van der Waals surface area (Å²) in [5, 5.41) is 5.39. The summed E-state index contributed by atoms with van der Waals surface area (Å²) in [7, 11) is 0. The molecule has 110 valence electrons. The van der Waals surface area contributed by atoms with Gasteiger partial charge in [-0.15, -0.1) is 0 Å². The van der Waals surface area contributed by atoms with E-state index in [4.69, 9.17) is 0 Å². The molecule has 0 aliphatic carbocycles. The molecule has 0 aliphatic rings. The normalized spacial score (nSPS) is 12.3. The number of ketones is 1. The summed E-state index contributed by atoms with van der Waals surface area (Å²) in [6.07, 6.45) is 4.72. The molecule has 1 aromatic rings. The van der Waals surface area contributed by atoms with Crippen LogP contribution in [0.2, 0.25) is 0 Å². The molecular weight excluding hydrogens is 256 g/mol. The van der Waals surface area contributed by atoms with Crippen LogP contribution in [0.1, 0.15) is 33.4 Å². The van der Waals surface area contributed by atoms with E-state index in [-0.39, 0.29) is 30.2 Å². The lowest BCUT2D eigenvalue weighted by Gasteiger charge is -2.23. The zero-order chi connectivity index (χ0) is 15.1. The Bertz CT molecular complexity index is 446. The molecule has 2 amide bonds. The van der Waals surface area contributed by atoms with Crippen LogP contribution >= 0.6 is 0 Å². The third kappa shape index (κ3) is 4.95. The summed E-state index contributed by atoms with van der Waals surface area (Å²) in [5.74, 6) is -0.0236. The Morgan fingerprint density at radius 1 is 1.20 bits per heavy atom. The van der Waals surface area contributed by atoms with Crippen LogP contribution in [0.15, 0.2) is 18.6 Å². The number of aromatic nitrogens is 2. The molecule has 0 aliphatic heterocycles. The molecule has 1 heterocycles. The molecule has 0 fully saturated rings. The van der Waals surface area contributed by atoms with E-state index in [0.717, 1.165) is 0 Å². The van der Waals surface area contributed by atoms with Crippen LogP contribution in [0.4, 0.5) is 4.79 Å². The third-order valence-electron chi connectivity index (χ3n) is 2.88. The molecule has 20 heavy (non-hydrogen) atoms. The van der Waals surface area contributed by atoms with Gasteiger partial charge >= 0.3 is 6.03 Å². The molecule has 6 heteroatoms. The average molecular weight is 278 g/mol. The molecule has 6 nitrogen and oxygen atoms in total.